The van der Waals surface area contributed by atoms with Crippen molar-refractivity contribution in [3.8, 4) is 5.75 Å². The van der Waals surface area contributed by atoms with Gasteiger partial charge in [-0.05, 0) is 31.2 Å². The van der Waals surface area contributed by atoms with Gasteiger partial charge in [-0.2, -0.15) is 0 Å². The molecule has 1 heterocycles. The summed E-state index contributed by atoms with van der Waals surface area (Å²) in [5, 5.41) is 10.5. The van der Waals surface area contributed by atoms with Gasteiger partial charge in [0.05, 0.1) is 11.9 Å². The molecule has 0 radical (unpaired) electrons. The molecule has 0 aliphatic carbocycles. The molecule has 0 spiro atoms. The van der Waals surface area contributed by atoms with Gasteiger partial charge in [0, 0.05) is 17.1 Å². The van der Waals surface area contributed by atoms with E-state index in [0.29, 0.717) is 22.2 Å². The minimum Gasteiger partial charge on any atom is -0.506 e. The van der Waals surface area contributed by atoms with E-state index >= 15 is 0 Å². The van der Waals surface area contributed by atoms with E-state index in [9.17, 15) is 9.90 Å². The summed E-state index contributed by atoms with van der Waals surface area (Å²) in [6.07, 6.45) is 2.90. The number of aromatic hydroxyl groups is 1. The minimum absolute atomic E-state index is 0.0967. The first-order valence-corrected chi connectivity index (χ1v) is 6.87. The number of aromatic nitrogens is 1. The standard InChI is InChI=1S/C18H14N2O2/c1-12-4-6-13(7-5-12)17(22)11-20-15-8-9-16(21)18-14(15)3-2-10-19-18/h2-11,21H,1H3. The van der Waals surface area contributed by atoms with Crippen molar-refractivity contribution < 1.29 is 9.90 Å². The number of rotatable bonds is 3. The van der Waals surface area contributed by atoms with Gasteiger partial charge in [-0.25, -0.2) is 0 Å². The normalized spacial score (nSPS) is 11.1. The Morgan fingerprint density at radius 3 is 2.68 bits per heavy atom. The number of ketones is 1. The first-order chi connectivity index (χ1) is 10.6. The Balaban J connectivity index is 1.94. The number of aliphatic imine (C=N–C) groups is 1. The van der Waals surface area contributed by atoms with E-state index < -0.39 is 0 Å². The van der Waals surface area contributed by atoms with Crippen LogP contribution in [0.1, 0.15) is 15.9 Å². The predicted octanol–water partition coefficient (Wildman–Crippen LogP) is 3.83. The molecule has 0 saturated carbocycles. The van der Waals surface area contributed by atoms with Crippen molar-refractivity contribution in [2.75, 3.05) is 0 Å². The lowest BCUT2D eigenvalue weighted by atomic mass is 10.1. The van der Waals surface area contributed by atoms with Crippen LogP contribution in [0.15, 0.2) is 59.7 Å². The Labute approximate surface area is 127 Å². The van der Waals surface area contributed by atoms with Crippen molar-refractivity contribution in [1.82, 2.24) is 4.98 Å². The first kappa shape index (κ1) is 13.9. The van der Waals surface area contributed by atoms with Gasteiger partial charge >= 0.3 is 0 Å². The maximum atomic E-state index is 12.1. The van der Waals surface area contributed by atoms with Crippen molar-refractivity contribution in [2.24, 2.45) is 4.99 Å². The van der Waals surface area contributed by atoms with Crippen LogP contribution in [-0.2, 0) is 0 Å². The third-order valence-electron chi connectivity index (χ3n) is 3.38. The summed E-state index contributed by atoms with van der Waals surface area (Å²) in [6.45, 7) is 1.97. The van der Waals surface area contributed by atoms with Crippen LogP contribution < -0.4 is 0 Å². The second-order valence-electron chi connectivity index (χ2n) is 4.99. The number of phenols is 1. The minimum atomic E-state index is -0.162. The predicted molar refractivity (Wildman–Crippen MR) is 87.1 cm³/mol. The fourth-order valence-electron chi connectivity index (χ4n) is 2.18. The summed E-state index contributed by atoms with van der Waals surface area (Å²) in [5.41, 5.74) is 2.76. The van der Waals surface area contributed by atoms with Gasteiger partial charge in [0.15, 0.2) is 0 Å². The highest BCUT2D eigenvalue weighted by atomic mass is 16.3. The summed E-state index contributed by atoms with van der Waals surface area (Å²) in [6, 6.07) is 14.1. The molecule has 0 bridgehead atoms. The number of hydrogen-bond acceptors (Lipinski definition) is 4. The first-order valence-electron chi connectivity index (χ1n) is 6.87. The van der Waals surface area contributed by atoms with Gasteiger partial charge in [-0.15, -0.1) is 0 Å². The topological polar surface area (TPSA) is 62.5 Å². The monoisotopic (exact) mass is 290 g/mol. The van der Waals surface area contributed by atoms with Crippen LogP contribution >= 0.6 is 0 Å². The molecule has 0 aliphatic heterocycles. The average molecular weight is 290 g/mol. The molecule has 3 aromatic rings. The maximum Gasteiger partial charge on any atom is 0.204 e. The number of Topliss-reactive ketones (excluding diaryl/α,β-unsaturated/α-hetero) is 1. The number of phenolic OH excluding ortho intramolecular Hbond substituents is 1. The van der Waals surface area contributed by atoms with Gasteiger partial charge in [-0.3, -0.25) is 14.8 Å². The molecule has 0 aliphatic rings. The largest absolute Gasteiger partial charge is 0.506 e. The highest BCUT2D eigenvalue weighted by Gasteiger charge is 2.06. The Kier molecular flexibility index (Phi) is 3.66. The number of aryl methyl sites for hydroxylation is 1. The van der Waals surface area contributed by atoms with E-state index in [1.165, 1.54) is 12.3 Å². The lowest BCUT2D eigenvalue weighted by Gasteiger charge is -2.03. The molecule has 0 amide bonds. The highest BCUT2D eigenvalue weighted by molar-refractivity contribution is 6.35. The van der Waals surface area contributed by atoms with Crippen LogP contribution in [0.3, 0.4) is 0 Å². The molecule has 1 aromatic heterocycles. The quantitative estimate of drug-likeness (QED) is 0.589. The number of benzene rings is 2. The molecule has 0 atom stereocenters. The van der Waals surface area contributed by atoms with Crippen LogP contribution in [0.25, 0.3) is 10.9 Å². The molecule has 1 N–H and O–H groups in total. The Hall–Kier alpha value is -3.01. The SMILES string of the molecule is Cc1ccc(C(=O)C=Nc2ccc(O)c3ncccc23)cc1. The van der Waals surface area contributed by atoms with Gasteiger partial charge in [0.25, 0.3) is 0 Å². The molecular weight excluding hydrogens is 276 g/mol. The molecule has 0 fully saturated rings. The molecule has 0 saturated heterocycles. The lowest BCUT2D eigenvalue weighted by molar-refractivity contribution is 0.107. The van der Waals surface area contributed by atoms with Crippen molar-refractivity contribution in [3.05, 3.63) is 65.9 Å². The van der Waals surface area contributed by atoms with Gasteiger partial charge in [0.1, 0.15) is 11.3 Å². The van der Waals surface area contributed by atoms with Crippen LogP contribution in [0.2, 0.25) is 0 Å². The molecule has 4 heteroatoms. The van der Waals surface area contributed by atoms with Gasteiger partial charge < -0.3 is 5.11 Å². The maximum absolute atomic E-state index is 12.1. The number of hydrogen-bond donors (Lipinski definition) is 1. The van der Waals surface area contributed by atoms with E-state index in [4.69, 9.17) is 0 Å². The smallest absolute Gasteiger partial charge is 0.204 e. The summed E-state index contributed by atoms with van der Waals surface area (Å²) < 4.78 is 0. The van der Waals surface area contributed by atoms with E-state index in [2.05, 4.69) is 9.98 Å². The Morgan fingerprint density at radius 2 is 1.91 bits per heavy atom. The molecule has 22 heavy (non-hydrogen) atoms. The third-order valence-corrected chi connectivity index (χ3v) is 3.38. The highest BCUT2D eigenvalue weighted by Crippen LogP contribution is 2.30. The second-order valence-corrected chi connectivity index (χ2v) is 4.99. The fourth-order valence-corrected chi connectivity index (χ4v) is 2.18. The van der Waals surface area contributed by atoms with Crippen molar-refractivity contribution in [2.45, 2.75) is 6.92 Å². The average Bonchev–Trinajstić information content (AvgIpc) is 2.55. The molecule has 108 valence electrons. The summed E-state index contributed by atoms with van der Waals surface area (Å²) >= 11 is 0. The van der Waals surface area contributed by atoms with E-state index in [-0.39, 0.29) is 11.5 Å². The summed E-state index contributed by atoms with van der Waals surface area (Å²) in [7, 11) is 0. The zero-order chi connectivity index (χ0) is 15.5. The molecule has 2 aromatic carbocycles. The number of carbonyl (C=O) groups excluding carboxylic acids is 1. The van der Waals surface area contributed by atoms with Crippen molar-refractivity contribution in [1.29, 1.82) is 0 Å². The number of nitrogens with zero attached hydrogens (tertiary/aromatic N) is 2. The van der Waals surface area contributed by atoms with Crippen LogP contribution in [0.4, 0.5) is 5.69 Å². The summed E-state index contributed by atoms with van der Waals surface area (Å²) in [5.74, 6) is -0.0653. The zero-order valence-electron chi connectivity index (χ0n) is 12.0. The number of fused-ring (bicyclic) bond motifs is 1. The molecule has 4 nitrogen and oxygen atoms in total. The number of carbonyl (C=O) groups is 1. The summed E-state index contributed by atoms with van der Waals surface area (Å²) in [4.78, 5) is 20.5. The zero-order valence-corrected chi connectivity index (χ0v) is 12.0. The molecule has 3 rings (SSSR count). The van der Waals surface area contributed by atoms with Crippen LogP contribution in [0.5, 0.6) is 5.75 Å². The third kappa shape index (κ3) is 2.72. The van der Waals surface area contributed by atoms with Crippen LogP contribution in [0, 0.1) is 6.92 Å². The Bertz CT molecular complexity index is 868. The number of pyridine rings is 1. The van der Waals surface area contributed by atoms with E-state index in [1.807, 2.05) is 25.1 Å². The van der Waals surface area contributed by atoms with Crippen molar-refractivity contribution in [3.63, 3.8) is 0 Å². The lowest BCUT2D eigenvalue weighted by Crippen LogP contribution is -1.99. The van der Waals surface area contributed by atoms with Gasteiger partial charge in [0.2, 0.25) is 5.78 Å². The van der Waals surface area contributed by atoms with Crippen molar-refractivity contribution >= 4 is 28.6 Å². The second kappa shape index (κ2) is 5.77. The van der Waals surface area contributed by atoms with Crippen LogP contribution in [-0.4, -0.2) is 22.1 Å². The fraction of sp³-hybridized carbons (Fsp3) is 0.0556. The van der Waals surface area contributed by atoms with Gasteiger partial charge in [-0.1, -0.05) is 29.8 Å². The molecular formula is C18H14N2O2. The Morgan fingerprint density at radius 1 is 1.14 bits per heavy atom. The van der Waals surface area contributed by atoms with E-state index in [0.717, 1.165) is 5.56 Å². The molecule has 0 unspecified atom stereocenters. The van der Waals surface area contributed by atoms with E-state index in [1.54, 1.807) is 30.5 Å².